The topological polar surface area (TPSA) is 79.3 Å². The lowest BCUT2D eigenvalue weighted by atomic mass is 9.79. The van der Waals surface area contributed by atoms with Gasteiger partial charge in [0.15, 0.2) is 0 Å². The number of aliphatic carboxylic acids is 1. The minimum atomic E-state index is -1.03. The molecule has 0 radical (unpaired) electrons. The Labute approximate surface area is 213 Å². The Hall–Kier alpha value is -3.99. The van der Waals surface area contributed by atoms with Gasteiger partial charge in [-0.25, -0.2) is 4.98 Å². The fraction of sp³-hybridized carbons (Fsp3) is 0.258. The van der Waals surface area contributed by atoms with Gasteiger partial charge >= 0.3 is 5.97 Å². The van der Waals surface area contributed by atoms with Crippen LogP contribution in [0.5, 0.6) is 0 Å². The second kappa shape index (κ2) is 13.2. The number of carboxylic acid groups (broad SMARTS) is 1. The van der Waals surface area contributed by atoms with E-state index >= 15 is 0 Å². The number of hydrogen-bond donors (Lipinski definition) is 2. The third-order valence-electron chi connectivity index (χ3n) is 6.45. The first-order chi connectivity index (χ1) is 17.4. The van der Waals surface area contributed by atoms with Crippen LogP contribution in [0.15, 0.2) is 78.9 Å². The van der Waals surface area contributed by atoms with E-state index in [1.165, 1.54) is 5.56 Å². The molecule has 0 bridgehead atoms. The van der Waals surface area contributed by atoms with Crippen LogP contribution < -0.4 is 5.32 Å². The van der Waals surface area contributed by atoms with E-state index in [4.69, 9.17) is 0 Å². The molecule has 3 aromatic rings. The highest BCUT2D eigenvalue weighted by Gasteiger charge is 2.37. The molecule has 0 atom stereocenters. The van der Waals surface area contributed by atoms with Crippen LogP contribution in [-0.4, -0.2) is 22.0 Å². The van der Waals surface area contributed by atoms with E-state index in [-0.39, 0.29) is 12.3 Å². The Morgan fingerprint density at radius 3 is 2.28 bits per heavy atom. The number of carbonyl (C=O) groups is 2. The number of hydrogen-bond acceptors (Lipinski definition) is 3. The fourth-order valence-electron chi connectivity index (χ4n) is 4.05. The molecule has 0 aliphatic heterocycles. The van der Waals surface area contributed by atoms with E-state index in [0.717, 1.165) is 29.8 Å². The van der Waals surface area contributed by atoms with E-state index in [1.807, 2.05) is 60.7 Å². The quantitative estimate of drug-likeness (QED) is 0.288. The molecule has 2 N–H and O–H groups in total. The maximum Gasteiger partial charge on any atom is 0.310 e. The standard InChI is InChI=1S/C31H34N2O3/c1-3-31(4-2,30(35)36)23-29(34)33-28-19-10-15-25(22-28)20-21-27-18-11-17-26(32-27)16-9-8-14-24-12-6-5-7-13-24/h5-7,9-13,15-22H,3-4,8,14,23H2,1-2H3,(H,33,34)(H,35,36)/b16-9+,21-20+. The Kier molecular flexibility index (Phi) is 9.75. The minimum absolute atomic E-state index is 0.0506. The largest absolute Gasteiger partial charge is 0.481 e. The van der Waals surface area contributed by atoms with E-state index in [1.54, 1.807) is 19.9 Å². The van der Waals surface area contributed by atoms with Gasteiger partial charge in [-0.1, -0.05) is 74.5 Å². The van der Waals surface area contributed by atoms with Gasteiger partial charge in [-0.3, -0.25) is 9.59 Å². The Morgan fingerprint density at radius 1 is 0.889 bits per heavy atom. The van der Waals surface area contributed by atoms with Crippen LogP contribution in [0.2, 0.25) is 0 Å². The van der Waals surface area contributed by atoms with Gasteiger partial charge in [-0.05, 0) is 73.2 Å². The van der Waals surface area contributed by atoms with Crippen LogP contribution in [-0.2, 0) is 16.0 Å². The van der Waals surface area contributed by atoms with E-state index < -0.39 is 11.4 Å². The zero-order valence-electron chi connectivity index (χ0n) is 21.0. The Balaban J connectivity index is 1.60. The second-order valence-corrected chi connectivity index (χ2v) is 8.89. The van der Waals surface area contributed by atoms with Crippen molar-refractivity contribution in [1.29, 1.82) is 0 Å². The molecule has 5 heteroatoms. The molecule has 5 nitrogen and oxygen atoms in total. The summed E-state index contributed by atoms with van der Waals surface area (Å²) in [7, 11) is 0. The number of amides is 1. The van der Waals surface area contributed by atoms with Crippen molar-refractivity contribution in [3.8, 4) is 0 Å². The van der Waals surface area contributed by atoms with Gasteiger partial charge in [-0.15, -0.1) is 0 Å². The Bertz CT molecular complexity index is 1210. The molecule has 1 aromatic heterocycles. The third-order valence-corrected chi connectivity index (χ3v) is 6.45. The SMILES string of the molecule is CCC(CC)(CC(=O)Nc1cccc(/C=C/c2cccc(/C=C/CCc3ccccc3)n2)c1)C(=O)O. The van der Waals surface area contributed by atoms with Gasteiger partial charge in [0.2, 0.25) is 5.91 Å². The molecule has 0 unspecified atom stereocenters. The summed E-state index contributed by atoms with van der Waals surface area (Å²) in [5.41, 5.74) is 3.58. The van der Waals surface area contributed by atoms with Gasteiger partial charge in [0.05, 0.1) is 16.8 Å². The smallest absolute Gasteiger partial charge is 0.310 e. The number of allylic oxidation sites excluding steroid dienone is 1. The fourth-order valence-corrected chi connectivity index (χ4v) is 4.05. The molecule has 0 aliphatic carbocycles. The van der Waals surface area contributed by atoms with E-state index in [0.29, 0.717) is 18.5 Å². The monoisotopic (exact) mass is 482 g/mol. The molecule has 0 saturated heterocycles. The molecule has 1 amide bonds. The summed E-state index contributed by atoms with van der Waals surface area (Å²) < 4.78 is 0. The first kappa shape index (κ1) is 26.6. The lowest BCUT2D eigenvalue weighted by Gasteiger charge is -2.25. The molecule has 0 fully saturated rings. The summed E-state index contributed by atoms with van der Waals surface area (Å²) in [6, 6.07) is 23.8. The number of rotatable bonds is 12. The van der Waals surface area contributed by atoms with Crippen LogP contribution in [0.4, 0.5) is 5.69 Å². The molecule has 1 heterocycles. The average Bonchev–Trinajstić information content (AvgIpc) is 2.89. The molecule has 186 valence electrons. The summed E-state index contributed by atoms with van der Waals surface area (Å²) in [5.74, 6) is -1.23. The number of nitrogens with zero attached hydrogens (tertiary/aromatic N) is 1. The minimum Gasteiger partial charge on any atom is -0.481 e. The van der Waals surface area contributed by atoms with Crippen LogP contribution in [0, 0.1) is 5.41 Å². The number of carbonyl (C=O) groups excluding carboxylic acids is 1. The molecule has 0 spiro atoms. The molecule has 0 aliphatic rings. The first-order valence-electron chi connectivity index (χ1n) is 12.4. The number of pyridine rings is 1. The number of aryl methyl sites for hydroxylation is 1. The highest BCUT2D eigenvalue weighted by Crippen LogP contribution is 2.31. The molecule has 3 rings (SSSR count). The van der Waals surface area contributed by atoms with Crippen molar-refractivity contribution in [2.75, 3.05) is 5.32 Å². The first-order valence-corrected chi connectivity index (χ1v) is 12.4. The Morgan fingerprint density at radius 2 is 1.58 bits per heavy atom. The van der Waals surface area contributed by atoms with Crippen molar-refractivity contribution in [3.63, 3.8) is 0 Å². The van der Waals surface area contributed by atoms with Crippen LogP contribution in [0.3, 0.4) is 0 Å². The number of benzene rings is 2. The van der Waals surface area contributed by atoms with Gasteiger partial charge in [-0.2, -0.15) is 0 Å². The van der Waals surface area contributed by atoms with Gasteiger partial charge in [0, 0.05) is 12.1 Å². The summed E-state index contributed by atoms with van der Waals surface area (Å²) in [6.07, 6.45) is 10.8. The molecule has 2 aromatic carbocycles. The second-order valence-electron chi connectivity index (χ2n) is 8.89. The van der Waals surface area contributed by atoms with Gasteiger partial charge in [0.25, 0.3) is 0 Å². The van der Waals surface area contributed by atoms with Crippen molar-refractivity contribution in [2.24, 2.45) is 5.41 Å². The highest BCUT2D eigenvalue weighted by atomic mass is 16.4. The predicted octanol–water partition coefficient (Wildman–Crippen LogP) is 7.12. The van der Waals surface area contributed by atoms with Gasteiger partial charge < -0.3 is 10.4 Å². The highest BCUT2D eigenvalue weighted by molar-refractivity contribution is 5.94. The van der Waals surface area contributed by atoms with Crippen LogP contribution >= 0.6 is 0 Å². The number of carboxylic acids is 1. The van der Waals surface area contributed by atoms with E-state index in [2.05, 4.69) is 40.6 Å². The average molecular weight is 483 g/mol. The van der Waals surface area contributed by atoms with Crippen LogP contribution in [0.1, 0.15) is 62.0 Å². The molecule has 0 saturated carbocycles. The summed E-state index contributed by atoms with van der Waals surface area (Å²) in [4.78, 5) is 28.9. The van der Waals surface area contributed by atoms with Crippen molar-refractivity contribution in [2.45, 2.75) is 46.0 Å². The maximum absolute atomic E-state index is 12.6. The molecular formula is C31H34N2O3. The van der Waals surface area contributed by atoms with Crippen LogP contribution in [0.25, 0.3) is 18.2 Å². The number of aromatic nitrogens is 1. The normalized spacial score (nSPS) is 11.7. The lowest BCUT2D eigenvalue weighted by Crippen LogP contribution is -2.34. The van der Waals surface area contributed by atoms with Gasteiger partial charge in [0.1, 0.15) is 0 Å². The predicted molar refractivity (Wildman–Crippen MR) is 147 cm³/mol. The zero-order chi connectivity index (χ0) is 25.8. The van der Waals surface area contributed by atoms with Crippen molar-refractivity contribution < 1.29 is 14.7 Å². The molecule has 36 heavy (non-hydrogen) atoms. The summed E-state index contributed by atoms with van der Waals surface area (Å²) >= 11 is 0. The van der Waals surface area contributed by atoms with E-state index in [9.17, 15) is 14.7 Å². The molecular weight excluding hydrogens is 448 g/mol. The summed E-state index contributed by atoms with van der Waals surface area (Å²) in [6.45, 7) is 3.61. The maximum atomic E-state index is 12.6. The number of nitrogens with one attached hydrogen (secondary N) is 1. The zero-order valence-corrected chi connectivity index (χ0v) is 21.0. The third kappa shape index (κ3) is 7.77. The van der Waals surface area contributed by atoms with Crippen molar-refractivity contribution in [3.05, 3.63) is 101 Å². The number of anilines is 1. The lowest BCUT2D eigenvalue weighted by molar-refractivity contribution is -0.151. The summed E-state index contributed by atoms with van der Waals surface area (Å²) in [5, 5.41) is 12.4. The van der Waals surface area contributed by atoms with Crippen molar-refractivity contribution >= 4 is 35.8 Å². The van der Waals surface area contributed by atoms with Crippen molar-refractivity contribution in [1.82, 2.24) is 4.98 Å².